The molecule has 1 aliphatic heterocycles. The number of hydrogen-bond acceptors (Lipinski definition) is 5. The van der Waals surface area contributed by atoms with Crippen molar-refractivity contribution >= 4 is 46.2 Å². The van der Waals surface area contributed by atoms with E-state index in [9.17, 15) is 23.9 Å². The first-order valence-corrected chi connectivity index (χ1v) is 11.1. The molecular weight excluding hydrogens is 479 g/mol. The van der Waals surface area contributed by atoms with Gasteiger partial charge in [0.1, 0.15) is 11.9 Å². The molecular formula is C23H24ClFN6O4. The topological polar surface area (TPSA) is 156 Å². The standard InChI is InChI=1S/C23H24ClFN6O4/c24-15-6-3-4-13(19(15)25)9-28-20(32)18-8-23(35,11-26)12-31(18)22(34)29-16-10-30(21(27)33)17-7-2-1-5-14(16)17/h1-7,10,18,35H,8-9,11-12,26H2,(H2,27,33)(H,28,32)(H,29,34)/t18-,23-/m0/s1. The number of halogens is 2. The van der Waals surface area contributed by atoms with Crippen LogP contribution in [0, 0.1) is 5.82 Å². The molecule has 184 valence electrons. The van der Waals surface area contributed by atoms with E-state index >= 15 is 0 Å². The Bertz CT molecular complexity index is 1310. The number of rotatable bonds is 5. The van der Waals surface area contributed by atoms with Gasteiger partial charge in [-0.3, -0.25) is 9.36 Å². The molecule has 4 rings (SSSR count). The van der Waals surface area contributed by atoms with Crippen LogP contribution in [0.5, 0.6) is 0 Å². The maximum atomic E-state index is 14.2. The number of urea groups is 1. The van der Waals surface area contributed by atoms with Crippen LogP contribution in [-0.2, 0) is 11.3 Å². The summed E-state index contributed by atoms with van der Waals surface area (Å²) in [4.78, 5) is 39.2. The van der Waals surface area contributed by atoms with E-state index in [1.807, 2.05) is 0 Å². The number of benzene rings is 2. The number of amides is 4. The molecule has 1 saturated heterocycles. The molecule has 2 aromatic carbocycles. The SMILES string of the molecule is NC[C@@]1(O)C[C@@H](C(=O)NCc2cccc(Cl)c2F)N(C(=O)Nc2cn(C(N)=O)c3ccccc23)C1. The minimum absolute atomic E-state index is 0.0775. The summed E-state index contributed by atoms with van der Waals surface area (Å²) in [6.45, 7) is -0.539. The van der Waals surface area contributed by atoms with Gasteiger partial charge >= 0.3 is 12.1 Å². The second-order valence-corrected chi connectivity index (χ2v) is 8.81. The minimum atomic E-state index is -1.48. The fraction of sp³-hybridized carbons (Fsp3) is 0.261. The third-order valence-electron chi connectivity index (χ3n) is 6.03. The molecule has 1 aromatic heterocycles. The molecule has 0 saturated carbocycles. The molecule has 12 heteroatoms. The highest BCUT2D eigenvalue weighted by Gasteiger charge is 2.47. The Labute approximate surface area is 204 Å². The van der Waals surface area contributed by atoms with Crippen molar-refractivity contribution < 1.29 is 23.9 Å². The molecule has 4 amide bonds. The molecule has 2 heterocycles. The number of aliphatic hydroxyl groups is 1. The quantitative estimate of drug-likeness (QED) is 0.360. The number of nitrogens with one attached hydrogen (secondary N) is 2. The molecule has 35 heavy (non-hydrogen) atoms. The van der Waals surface area contributed by atoms with Crippen LogP contribution in [0.3, 0.4) is 0 Å². The second-order valence-electron chi connectivity index (χ2n) is 8.41. The van der Waals surface area contributed by atoms with E-state index in [1.54, 1.807) is 30.3 Å². The molecule has 1 fully saturated rings. The molecule has 0 radical (unpaired) electrons. The Morgan fingerprint density at radius 2 is 1.94 bits per heavy atom. The molecule has 0 spiro atoms. The van der Waals surface area contributed by atoms with E-state index in [0.717, 1.165) is 4.90 Å². The van der Waals surface area contributed by atoms with Gasteiger partial charge in [-0.05, 0) is 12.1 Å². The van der Waals surface area contributed by atoms with E-state index in [1.165, 1.54) is 22.9 Å². The van der Waals surface area contributed by atoms with E-state index < -0.39 is 35.4 Å². The molecule has 0 unspecified atom stereocenters. The third kappa shape index (κ3) is 4.78. The zero-order valence-electron chi connectivity index (χ0n) is 18.5. The van der Waals surface area contributed by atoms with Crippen molar-refractivity contribution in [1.82, 2.24) is 14.8 Å². The van der Waals surface area contributed by atoms with Gasteiger partial charge in [0.15, 0.2) is 0 Å². The third-order valence-corrected chi connectivity index (χ3v) is 6.33. The second kappa shape index (κ2) is 9.53. The van der Waals surface area contributed by atoms with Crippen LogP contribution in [-0.4, -0.2) is 57.3 Å². The number of nitrogens with zero attached hydrogens (tertiary/aromatic N) is 2. The summed E-state index contributed by atoms with van der Waals surface area (Å²) < 4.78 is 15.4. The van der Waals surface area contributed by atoms with Crippen LogP contribution in [0.1, 0.15) is 12.0 Å². The zero-order valence-corrected chi connectivity index (χ0v) is 19.3. The van der Waals surface area contributed by atoms with Crippen LogP contribution in [0.25, 0.3) is 10.9 Å². The lowest BCUT2D eigenvalue weighted by Gasteiger charge is -2.24. The number of hydrogen-bond donors (Lipinski definition) is 5. The van der Waals surface area contributed by atoms with Gasteiger partial charge in [-0.2, -0.15) is 0 Å². The van der Waals surface area contributed by atoms with Crippen molar-refractivity contribution in [3.63, 3.8) is 0 Å². The van der Waals surface area contributed by atoms with E-state index in [4.69, 9.17) is 23.1 Å². The fourth-order valence-corrected chi connectivity index (χ4v) is 4.39. The van der Waals surface area contributed by atoms with E-state index in [2.05, 4.69) is 10.6 Å². The predicted molar refractivity (Wildman–Crippen MR) is 128 cm³/mol. The molecule has 1 aliphatic rings. The largest absolute Gasteiger partial charge is 0.387 e. The number of carbonyl (C=O) groups is 3. The van der Waals surface area contributed by atoms with Crippen LogP contribution >= 0.6 is 11.6 Å². The van der Waals surface area contributed by atoms with Crippen molar-refractivity contribution in [2.24, 2.45) is 11.5 Å². The number of para-hydroxylation sites is 1. The lowest BCUT2D eigenvalue weighted by Crippen LogP contribution is -2.47. The normalized spacial score (nSPS) is 19.7. The summed E-state index contributed by atoms with van der Waals surface area (Å²) in [5.74, 6) is -1.25. The van der Waals surface area contributed by atoms with Gasteiger partial charge in [0.25, 0.3) is 0 Å². The van der Waals surface area contributed by atoms with Crippen LogP contribution in [0.4, 0.5) is 19.7 Å². The number of fused-ring (bicyclic) bond motifs is 1. The van der Waals surface area contributed by atoms with Crippen molar-refractivity contribution in [3.8, 4) is 0 Å². The van der Waals surface area contributed by atoms with Gasteiger partial charge in [-0.1, -0.05) is 41.9 Å². The lowest BCUT2D eigenvalue weighted by atomic mass is 10.0. The Morgan fingerprint density at radius 3 is 2.66 bits per heavy atom. The van der Waals surface area contributed by atoms with Gasteiger partial charge in [-0.25, -0.2) is 14.0 Å². The van der Waals surface area contributed by atoms with Crippen molar-refractivity contribution in [2.45, 2.75) is 24.6 Å². The number of carbonyl (C=O) groups excluding carboxylic acids is 3. The summed E-state index contributed by atoms with van der Waals surface area (Å²) in [7, 11) is 0. The van der Waals surface area contributed by atoms with Crippen molar-refractivity contribution in [3.05, 3.63) is 65.1 Å². The number of aromatic nitrogens is 1. The number of primary amides is 1. The molecule has 0 aliphatic carbocycles. The molecule has 0 bridgehead atoms. The van der Waals surface area contributed by atoms with Crippen LogP contribution in [0.2, 0.25) is 5.02 Å². The maximum Gasteiger partial charge on any atom is 0.323 e. The monoisotopic (exact) mass is 502 g/mol. The van der Waals surface area contributed by atoms with E-state index in [0.29, 0.717) is 16.6 Å². The van der Waals surface area contributed by atoms with Gasteiger partial charge < -0.3 is 32.1 Å². The fourth-order valence-electron chi connectivity index (χ4n) is 4.19. The number of anilines is 1. The minimum Gasteiger partial charge on any atom is -0.387 e. The Hall–Kier alpha value is -3.67. The summed E-state index contributed by atoms with van der Waals surface area (Å²) in [6, 6.07) is 8.76. The van der Waals surface area contributed by atoms with Gasteiger partial charge in [0.2, 0.25) is 5.91 Å². The van der Waals surface area contributed by atoms with Crippen molar-refractivity contribution in [1.29, 1.82) is 0 Å². The summed E-state index contributed by atoms with van der Waals surface area (Å²) >= 11 is 5.79. The summed E-state index contributed by atoms with van der Waals surface area (Å²) in [5, 5.41) is 16.5. The highest BCUT2D eigenvalue weighted by Crippen LogP contribution is 2.30. The van der Waals surface area contributed by atoms with E-state index in [-0.39, 0.29) is 36.6 Å². The van der Waals surface area contributed by atoms with Crippen molar-refractivity contribution in [2.75, 3.05) is 18.4 Å². The Kier molecular flexibility index (Phi) is 6.66. The van der Waals surface area contributed by atoms with Gasteiger partial charge in [0, 0.05) is 36.7 Å². The number of nitrogens with two attached hydrogens (primary N) is 2. The highest BCUT2D eigenvalue weighted by atomic mass is 35.5. The highest BCUT2D eigenvalue weighted by molar-refractivity contribution is 6.30. The zero-order chi connectivity index (χ0) is 25.3. The first-order chi connectivity index (χ1) is 16.6. The number of likely N-dealkylation sites (tertiary alicyclic amines) is 1. The van der Waals surface area contributed by atoms with Gasteiger partial charge in [0.05, 0.1) is 28.4 Å². The van der Waals surface area contributed by atoms with Gasteiger partial charge in [-0.15, -0.1) is 0 Å². The predicted octanol–water partition coefficient (Wildman–Crippen LogP) is 1.97. The molecule has 2 atom stereocenters. The number of β-amino-alcohol motifs (C(OH)–C–C–N with tert-alkyl or cyclic N) is 1. The first kappa shape index (κ1) is 24.5. The first-order valence-electron chi connectivity index (χ1n) is 10.7. The maximum absolute atomic E-state index is 14.2. The summed E-state index contributed by atoms with van der Waals surface area (Å²) in [5.41, 5.74) is 10.6. The van der Waals surface area contributed by atoms with Crippen LogP contribution in [0.15, 0.2) is 48.7 Å². The molecule has 10 nitrogen and oxygen atoms in total. The molecule has 7 N–H and O–H groups in total. The smallest absolute Gasteiger partial charge is 0.323 e. The Morgan fingerprint density at radius 1 is 1.20 bits per heavy atom. The lowest BCUT2D eigenvalue weighted by molar-refractivity contribution is -0.125. The summed E-state index contributed by atoms with van der Waals surface area (Å²) in [6.07, 6.45) is 1.27. The average molecular weight is 503 g/mol. The van der Waals surface area contributed by atoms with Crippen LogP contribution < -0.4 is 22.1 Å². The molecule has 3 aromatic rings. The Balaban J connectivity index is 1.55. The average Bonchev–Trinajstić information content (AvgIpc) is 3.39.